The van der Waals surface area contributed by atoms with Crippen LogP contribution in [0.1, 0.15) is 5.56 Å². The largest absolute Gasteiger partial charge is 0.493 e. The molecule has 0 aromatic heterocycles. The molecule has 0 saturated carbocycles. The number of amides is 2. The number of methoxy groups -OCH3 is 2. The van der Waals surface area contributed by atoms with E-state index in [-0.39, 0.29) is 12.1 Å². The Morgan fingerprint density at radius 3 is 2.75 bits per heavy atom. The van der Waals surface area contributed by atoms with E-state index in [0.717, 1.165) is 10.9 Å². The summed E-state index contributed by atoms with van der Waals surface area (Å²) in [6, 6.07) is 3.52. The van der Waals surface area contributed by atoms with Crippen LogP contribution in [0.2, 0.25) is 0 Å². The highest BCUT2D eigenvalue weighted by Gasteiger charge is 2.36. The van der Waals surface area contributed by atoms with Crippen molar-refractivity contribution in [3.63, 3.8) is 0 Å². The highest BCUT2D eigenvalue weighted by atomic mass is 79.9. The van der Waals surface area contributed by atoms with Crippen LogP contribution in [-0.2, 0) is 0 Å². The predicted molar refractivity (Wildman–Crippen MR) is 79.4 cm³/mol. The zero-order valence-electron chi connectivity index (χ0n) is 11.1. The number of benzene rings is 1. The lowest BCUT2D eigenvalue weighted by Crippen LogP contribution is -2.43. The molecule has 1 atom stereocenters. The summed E-state index contributed by atoms with van der Waals surface area (Å²) in [6.07, 6.45) is 0. The van der Waals surface area contributed by atoms with Crippen LogP contribution in [0.5, 0.6) is 11.5 Å². The highest BCUT2D eigenvalue weighted by Crippen LogP contribution is 2.37. The Kier molecular flexibility index (Phi) is 3.29. The second-order valence-electron chi connectivity index (χ2n) is 4.55. The van der Waals surface area contributed by atoms with E-state index in [1.165, 1.54) is 0 Å². The Balaban J connectivity index is 2.13. The molecule has 1 aromatic carbocycles. The smallest absolute Gasteiger partial charge is 0.327 e. The fourth-order valence-electron chi connectivity index (χ4n) is 2.41. The van der Waals surface area contributed by atoms with Gasteiger partial charge >= 0.3 is 6.03 Å². The molecule has 6 nitrogen and oxygen atoms in total. The van der Waals surface area contributed by atoms with E-state index in [4.69, 9.17) is 9.47 Å². The number of fused-ring (bicyclic) bond motifs is 3. The van der Waals surface area contributed by atoms with Crippen molar-refractivity contribution in [1.29, 1.82) is 0 Å². The molecular weight excluding hydrogens is 326 g/mol. The molecule has 1 N–H and O–H groups in total. The van der Waals surface area contributed by atoms with E-state index in [1.54, 1.807) is 25.2 Å². The van der Waals surface area contributed by atoms with Gasteiger partial charge in [0.05, 0.1) is 32.5 Å². The second-order valence-corrected chi connectivity index (χ2v) is 5.20. The van der Waals surface area contributed by atoms with Crippen molar-refractivity contribution in [3.8, 4) is 11.5 Å². The van der Waals surface area contributed by atoms with Crippen molar-refractivity contribution in [2.75, 3.05) is 31.4 Å². The zero-order valence-corrected chi connectivity index (χ0v) is 12.7. The van der Waals surface area contributed by atoms with E-state index in [0.29, 0.717) is 29.6 Å². The molecule has 0 radical (unpaired) electrons. The van der Waals surface area contributed by atoms with Crippen molar-refractivity contribution < 1.29 is 14.3 Å². The fraction of sp³-hybridized carbons (Fsp3) is 0.385. The summed E-state index contributed by atoms with van der Waals surface area (Å²) in [6.45, 7) is 0.584. The van der Waals surface area contributed by atoms with Crippen LogP contribution in [-0.4, -0.2) is 48.9 Å². The minimum Gasteiger partial charge on any atom is -0.493 e. The van der Waals surface area contributed by atoms with Crippen molar-refractivity contribution >= 4 is 33.5 Å². The third kappa shape index (κ3) is 1.93. The molecule has 0 spiro atoms. The number of carbonyl (C=O) groups excluding carboxylic acids is 1. The molecule has 0 bridgehead atoms. The number of aliphatic imine (C=N–C) groups is 1. The van der Waals surface area contributed by atoms with Crippen LogP contribution in [0.4, 0.5) is 10.5 Å². The Labute approximate surface area is 124 Å². The Hall–Kier alpha value is -1.76. The molecule has 2 heterocycles. The first kappa shape index (κ1) is 13.2. The van der Waals surface area contributed by atoms with Gasteiger partial charge in [0.2, 0.25) is 0 Å². The molecule has 0 saturated heterocycles. The molecule has 106 valence electrons. The Morgan fingerprint density at radius 2 is 2.10 bits per heavy atom. The average Bonchev–Trinajstić information content (AvgIpc) is 2.91. The summed E-state index contributed by atoms with van der Waals surface area (Å²) in [7, 11) is 3.15. The van der Waals surface area contributed by atoms with E-state index >= 15 is 0 Å². The molecule has 7 heteroatoms. The lowest BCUT2D eigenvalue weighted by atomic mass is 10.1. The van der Waals surface area contributed by atoms with Crippen LogP contribution in [0.25, 0.3) is 0 Å². The number of rotatable bonds is 3. The molecule has 2 aliphatic rings. The number of halogens is 1. The van der Waals surface area contributed by atoms with Gasteiger partial charge in [-0.05, 0) is 6.07 Å². The average molecular weight is 340 g/mol. The van der Waals surface area contributed by atoms with Crippen LogP contribution < -0.4 is 14.8 Å². The van der Waals surface area contributed by atoms with Gasteiger partial charge < -0.3 is 14.8 Å². The number of nitrogens with one attached hydrogen (secondary N) is 1. The number of hydrogen-bond donors (Lipinski definition) is 1. The van der Waals surface area contributed by atoms with Gasteiger partial charge in [-0.15, -0.1) is 0 Å². The van der Waals surface area contributed by atoms with E-state index < -0.39 is 0 Å². The van der Waals surface area contributed by atoms with Gasteiger partial charge in [-0.3, -0.25) is 9.89 Å². The van der Waals surface area contributed by atoms with Crippen LogP contribution in [0, 0.1) is 0 Å². The Bertz CT molecular complexity index is 603. The molecular formula is C13H14BrN3O3. The monoisotopic (exact) mass is 339 g/mol. The maximum atomic E-state index is 12.1. The minimum absolute atomic E-state index is 0.0785. The summed E-state index contributed by atoms with van der Waals surface area (Å²) >= 11 is 3.41. The highest BCUT2D eigenvalue weighted by molar-refractivity contribution is 9.09. The molecule has 2 aliphatic heterocycles. The van der Waals surface area contributed by atoms with Crippen LogP contribution in [0.15, 0.2) is 17.1 Å². The molecule has 1 aromatic rings. The van der Waals surface area contributed by atoms with Gasteiger partial charge in [-0.2, -0.15) is 0 Å². The lowest BCUT2D eigenvalue weighted by molar-refractivity contribution is 0.234. The number of hydrogen-bond acceptors (Lipinski definition) is 4. The van der Waals surface area contributed by atoms with Gasteiger partial charge in [-0.25, -0.2) is 4.79 Å². The first-order chi connectivity index (χ1) is 9.67. The summed E-state index contributed by atoms with van der Waals surface area (Å²) < 4.78 is 10.6. The molecule has 0 aliphatic carbocycles. The number of amidine groups is 1. The quantitative estimate of drug-likeness (QED) is 0.857. The van der Waals surface area contributed by atoms with Crippen LogP contribution in [0.3, 0.4) is 0 Å². The minimum atomic E-state index is -0.160. The van der Waals surface area contributed by atoms with E-state index in [1.807, 2.05) is 6.07 Å². The number of urea groups is 1. The van der Waals surface area contributed by atoms with Crippen molar-refractivity contribution in [2.24, 2.45) is 4.99 Å². The number of ether oxygens (including phenoxy) is 2. The number of alkyl halides is 1. The standard InChI is InChI=1S/C13H14BrN3O3/c1-19-10-3-8-9(4-11(10)20-2)16-13(18)17-6-7(5-14)15-12(8)17/h3-4,7H,5-6H2,1-2H3,(H,16,18). The van der Waals surface area contributed by atoms with Gasteiger partial charge in [-0.1, -0.05) is 15.9 Å². The first-order valence-electron chi connectivity index (χ1n) is 6.16. The molecule has 1 unspecified atom stereocenters. The normalized spacial score (nSPS) is 19.9. The second kappa shape index (κ2) is 4.97. The molecule has 3 rings (SSSR count). The maximum Gasteiger partial charge on any atom is 0.327 e. The summed E-state index contributed by atoms with van der Waals surface area (Å²) in [5, 5.41) is 3.58. The first-order valence-corrected chi connectivity index (χ1v) is 7.28. The topological polar surface area (TPSA) is 63.2 Å². The van der Waals surface area contributed by atoms with E-state index in [2.05, 4.69) is 26.2 Å². The number of nitrogens with zero attached hydrogens (tertiary/aromatic N) is 2. The molecule has 0 fully saturated rings. The third-order valence-electron chi connectivity index (χ3n) is 3.38. The van der Waals surface area contributed by atoms with Crippen molar-refractivity contribution in [1.82, 2.24) is 4.90 Å². The van der Waals surface area contributed by atoms with Crippen LogP contribution >= 0.6 is 15.9 Å². The Morgan fingerprint density at radius 1 is 1.40 bits per heavy atom. The predicted octanol–water partition coefficient (Wildman–Crippen LogP) is 2.07. The summed E-state index contributed by atoms with van der Waals surface area (Å²) in [4.78, 5) is 18.3. The van der Waals surface area contributed by atoms with Gasteiger partial charge in [0, 0.05) is 17.0 Å². The molecule has 20 heavy (non-hydrogen) atoms. The maximum absolute atomic E-state index is 12.1. The zero-order chi connectivity index (χ0) is 14.3. The van der Waals surface area contributed by atoms with Gasteiger partial charge in [0.25, 0.3) is 0 Å². The van der Waals surface area contributed by atoms with E-state index in [9.17, 15) is 4.79 Å². The SMILES string of the molecule is COc1cc2c(cc1OC)C1=NC(CBr)CN1C(=O)N2. The fourth-order valence-corrected chi connectivity index (χ4v) is 2.76. The van der Waals surface area contributed by atoms with Crippen molar-refractivity contribution in [2.45, 2.75) is 6.04 Å². The lowest BCUT2D eigenvalue weighted by Gasteiger charge is -2.27. The summed E-state index contributed by atoms with van der Waals surface area (Å²) in [5.74, 6) is 1.89. The number of carbonyl (C=O) groups is 1. The molecule has 2 amide bonds. The summed E-state index contributed by atoms with van der Waals surface area (Å²) in [5.41, 5.74) is 1.54. The van der Waals surface area contributed by atoms with Gasteiger partial charge in [0.1, 0.15) is 5.84 Å². The van der Waals surface area contributed by atoms with Gasteiger partial charge in [0.15, 0.2) is 11.5 Å². The van der Waals surface area contributed by atoms with Crippen molar-refractivity contribution in [3.05, 3.63) is 17.7 Å². The third-order valence-corrected chi connectivity index (χ3v) is 4.13. The number of anilines is 1.